The minimum absolute atomic E-state index is 0.0800. The molecule has 0 N–H and O–H groups in total. The van der Waals surface area contributed by atoms with Crippen LogP contribution in [0.25, 0.3) is 0 Å². The zero-order valence-electron chi connectivity index (χ0n) is 31.8. The van der Waals surface area contributed by atoms with E-state index in [1.165, 1.54) is 77.2 Å². The zero-order chi connectivity index (χ0) is 37.5. The first kappa shape index (κ1) is 32.8. The van der Waals surface area contributed by atoms with E-state index in [0.29, 0.717) is 0 Å². The summed E-state index contributed by atoms with van der Waals surface area (Å²) >= 11 is 0. The van der Waals surface area contributed by atoms with Crippen molar-refractivity contribution < 1.29 is 0 Å². The Morgan fingerprint density at radius 2 is 0.786 bits per heavy atom. The van der Waals surface area contributed by atoms with Crippen LogP contribution < -0.4 is 46.6 Å². The molecule has 0 aliphatic carbocycles. The van der Waals surface area contributed by atoms with Gasteiger partial charge in [0.2, 0.25) is 0 Å². The lowest BCUT2D eigenvalue weighted by Gasteiger charge is -2.51. The first-order chi connectivity index (χ1) is 27.5. The summed E-state index contributed by atoms with van der Waals surface area (Å²) in [5.74, 6) is 0. The maximum Gasteiger partial charge on any atom is 0.251 e. The summed E-state index contributed by atoms with van der Waals surface area (Å²) < 4.78 is 0. The summed E-state index contributed by atoms with van der Waals surface area (Å²) in [4.78, 5) is 7.57. The lowest BCUT2D eigenvalue weighted by Crippen LogP contribution is -2.83. The van der Waals surface area contributed by atoms with E-state index in [1.807, 2.05) is 0 Å². The molecule has 0 saturated carbocycles. The lowest BCUT2D eigenvalue weighted by atomic mass is 9.33. The zero-order valence-corrected chi connectivity index (χ0v) is 32.8. The van der Waals surface area contributed by atoms with E-state index in [2.05, 4.69) is 223 Å². The molecule has 3 aliphatic heterocycles. The van der Waals surface area contributed by atoms with Crippen molar-refractivity contribution in [3.05, 3.63) is 199 Å². The van der Waals surface area contributed by atoms with Crippen molar-refractivity contribution in [1.29, 1.82) is 0 Å². The number of aryl methyl sites for hydroxylation is 2. The third kappa shape index (κ3) is 4.71. The first-order valence-electron chi connectivity index (χ1n) is 19.6. The molecule has 0 fully saturated rings. The summed E-state index contributed by atoms with van der Waals surface area (Å²) in [6, 6.07) is 70.0. The fourth-order valence-electron chi connectivity index (χ4n) is 10.00. The van der Waals surface area contributed by atoms with Crippen molar-refractivity contribution in [2.75, 3.05) is 14.7 Å². The van der Waals surface area contributed by atoms with Crippen LogP contribution in [0.2, 0.25) is 6.55 Å². The fourth-order valence-corrected chi connectivity index (χ4v) is 14.4. The van der Waals surface area contributed by atoms with E-state index in [-0.39, 0.29) is 6.71 Å². The van der Waals surface area contributed by atoms with Crippen molar-refractivity contribution in [1.82, 2.24) is 0 Å². The molecule has 266 valence electrons. The number of rotatable bonds is 6. The van der Waals surface area contributed by atoms with Crippen LogP contribution in [0.5, 0.6) is 0 Å². The van der Waals surface area contributed by atoms with Gasteiger partial charge >= 0.3 is 0 Å². The van der Waals surface area contributed by atoms with E-state index < -0.39 is 8.07 Å². The molecule has 0 saturated heterocycles. The second-order valence-corrected chi connectivity index (χ2v) is 19.6. The Balaban J connectivity index is 1.32. The minimum atomic E-state index is -2.54. The Labute approximate surface area is 330 Å². The Morgan fingerprint density at radius 3 is 1.21 bits per heavy atom. The average Bonchev–Trinajstić information content (AvgIpc) is 3.24. The van der Waals surface area contributed by atoms with Gasteiger partial charge in [-0.15, -0.1) is 0 Å². The van der Waals surface area contributed by atoms with Crippen molar-refractivity contribution in [2.45, 2.75) is 20.4 Å². The first-order valence-corrected chi connectivity index (χ1v) is 22.1. The van der Waals surface area contributed by atoms with Crippen LogP contribution >= 0.6 is 0 Å². The molecule has 8 aromatic rings. The molecule has 0 atom stereocenters. The highest BCUT2D eigenvalue weighted by molar-refractivity contribution is 7.21. The molecule has 3 nitrogen and oxygen atoms in total. The molecule has 5 heteroatoms. The van der Waals surface area contributed by atoms with Crippen LogP contribution in [-0.4, -0.2) is 14.8 Å². The van der Waals surface area contributed by atoms with E-state index in [9.17, 15) is 0 Å². The van der Waals surface area contributed by atoms with Gasteiger partial charge in [0.1, 0.15) is 8.07 Å². The smallest absolute Gasteiger partial charge is 0.251 e. The number of hydrogen-bond acceptors (Lipinski definition) is 3. The van der Waals surface area contributed by atoms with Gasteiger partial charge < -0.3 is 14.7 Å². The van der Waals surface area contributed by atoms with Crippen molar-refractivity contribution in [3.63, 3.8) is 0 Å². The average molecular weight is 734 g/mol. The highest BCUT2D eigenvalue weighted by Crippen LogP contribution is 2.48. The second-order valence-electron chi connectivity index (χ2n) is 15.7. The molecule has 56 heavy (non-hydrogen) atoms. The third-order valence-corrected chi connectivity index (χ3v) is 16.8. The van der Waals surface area contributed by atoms with Gasteiger partial charge in [0.15, 0.2) is 0 Å². The van der Waals surface area contributed by atoms with Crippen LogP contribution in [-0.2, 0) is 0 Å². The molecule has 0 bridgehead atoms. The molecule has 0 unspecified atom stereocenters. The molecule has 0 amide bonds. The molecule has 3 aliphatic rings. The highest BCUT2D eigenvalue weighted by Gasteiger charge is 2.54. The number of hydrogen-bond donors (Lipinski definition) is 0. The van der Waals surface area contributed by atoms with Gasteiger partial charge in [-0.25, -0.2) is 0 Å². The minimum Gasteiger partial charge on any atom is -0.311 e. The molecule has 8 aromatic carbocycles. The van der Waals surface area contributed by atoms with E-state index >= 15 is 0 Å². The van der Waals surface area contributed by atoms with Crippen molar-refractivity contribution >= 4 is 97.9 Å². The topological polar surface area (TPSA) is 9.72 Å². The lowest BCUT2D eigenvalue weighted by molar-refractivity contribution is 1.22. The number of anilines is 9. The largest absolute Gasteiger partial charge is 0.311 e. The van der Waals surface area contributed by atoms with E-state index in [0.717, 1.165) is 17.1 Å². The Hall–Kier alpha value is -6.56. The van der Waals surface area contributed by atoms with Crippen LogP contribution in [0, 0.1) is 13.8 Å². The Kier molecular flexibility index (Phi) is 7.32. The van der Waals surface area contributed by atoms with Gasteiger partial charge in [-0.1, -0.05) is 132 Å². The van der Waals surface area contributed by atoms with Crippen molar-refractivity contribution in [2.24, 2.45) is 0 Å². The van der Waals surface area contributed by atoms with Crippen LogP contribution in [0.3, 0.4) is 0 Å². The fraction of sp³-hybridized carbons (Fsp3) is 0.0588. The third-order valence-electron chi connectivity index (χ3n) is 12.3. The SMILES string of the molecule is Cc1cc2c3c(c1)[Si](C)(c1ccccc1)c1cc(C)cc4c1B3c1c(cc(N(c3ccccc3)c3ccccc3)cc1N4c1ccccc1)N2c1ccccc1. The molecular weight excluding hydrogens is 693 g/mol. The standard InChI is InChI=1S/C51H40BN3Si/c1-35-29-43-50-47(31-35)56(3,42-27-17-8-18-28-42)48-32-36(2)30-44-51(48)52(50)49-45(54(43)39-23-13-6-14-24-39)33-41(34-46(49)55(44)40-25-15-7-16-26-40)53(37-19-9-4-10-20-37)38-21-11-5-12-22-38/h4-34H,1-3H3. The summed E-state index contributed by atoms with van der Waals surface area (Å²) in [6.45, 7) is 7.27. The van der Waals surface area contributed by atoms with Crippen molar-refractivity contribution in [3.8, 4) is 0 Å². The van der Waals surface area contributed by atoms with Gasteiger partial charge in [-0.05, 0) is 119 Å². The molecular formula is C51H40BN3Si. The van der Waals surface area contributed by atoms with Gasteiger partial charge in [0.05, 0.1) is 5.69 Å². The highest BCUT2D eigenvalue weighted by atomic mass is 28.3. The number of nitrogens with zero attached hydrogens (tertiary/aromatic N) is 3. The molecule has 0 aromatic heterocycles. The normalized spacial score (nSPS) is 14.0. The maximum absolute atomic E-state index is 2.61. The summed E-state index contributed by atoms with van der Waals surface area (Å²) in [5, 5.41) is 4.50. The monoisotopic (exact) mass is 733 g/mol. The van der Waals surface area contributed by atoms with Gasteiger partial charge in [-0.2, -0.15) is 0 Å². The predicted octanol–water partition coefficient (Wildman–Crippen LogP) is 9.27. The van der Waals surface area contributed by atoms with Gasteiger partial charge in [0, 0.05) is 45.5 Å². The Morgan fingerprint density at radius 1 is 0.411 bits per heavy atom. The molecule has 3 heterocycles. The summed E-state index contributed by atoms with van der Waals surface area (Å²) in [5.41, 5.74) is 17.6. The van der Waals surface area contributed by atoms with E-state index in [4.69, 9.17) is 0 Å². The maximum atomic E-state index is 2.61. The quantitative estimate of drug-likeness (QED) is 0.158. The second kappa shape index (κ2) is 12.5. The van der Waals surface area contributed by atoms with Crippen LogP contribution in [0.1, 0.15) is 11.1 Å². The number of benzene rings is 8. The summed E-state index contributed by atoms with van der Waals surface area (Å²) in [6.07, 6.45) is 0. The van der Waals surface area contributed by atoms with Crippen LogP contribution in [0.15, 0.2) is 188 Å². The van der Waals surface area contributed by atoms with Gasteiger partial charge in [-0.3, -0.25) is 0 Å². The van der Waals surface area contributed by atoms with Gasteiger partial charge in [0.25, 0.3) is 6.71 Å². The molecule has 11 rings (SSSR count). The molecule has 0 radical (unpaired) electrons. The Bertz CT molecular complexity index is 2630. The summed E-state index contributed by atoms with van der Waals surface area (Å²) in [7, 11) is -2.54. The van der Waals surface area contributed by atoms with E-state index in [1.54, 1.807) is 0 Å². The van der Waals surface area contributed by atoms with Crippen LogP contribution in [0.4, 0.5) is 51.2 Å². The number of para-hydroxylation sites is 4. The predicted molar refractivity (Wildman–Crippen MR) is 242 cm³/mol. The molecule has 0 spiro atoms.